The van der Waals surface area contributed by atoms with Crippen molar-refractivity contribution in [2.24, 2.45) is 5.92 Å². The number of carbonyl (C=O) groups excluding carboxylic acids is 1. The first-order valence-corrected chi connectivity index (χ1v) is 9.27. The molecule has 2 N–H and O–H groups in total. The van der Waals surface area contributed by atoms with E-state index in [-0.39, 0.29) is 5.91 Å². The molecule has 1 amide bonds. The average molecular weight is 340 g/mol. The minimum Gasteiger partial charge on any atom is -0.327 e. The number of quaternary nitrogens is 1. The third-order valence-electron chi connectivity index (χ3n) is 4.63. The lowest BCUT2D eigenvalue weighted by molar-refractivity contribution is -0.898. The van der Waals surface area contributed by atoms with Crippen LogP contribution in [0.3, 0.4) is 0 Å². The predicted molar refractivity (Wildman–Crippen MR) is 96.1 cm³/mol. The molecule has 1 aromatic carbocycles. The molecule has 0 aliphatic carbocycles. The molecule has 1 saturated heterocycles. The van der Waals surface area contributed by atoms with Crippen LogP contribution in [0.25, 0.3) is 0 Å². The Kier molecular flexibility index (Phi) is 5.63. The monoisotopic (exact) mass is 340 g/mol. The maximum atomic E-state index is 12.2. The summed E-state index contributed by atoms with van der Waals surface area (Å²) in [6.07, 6.45) is 3.47. The zero-order valence-corrected chi connectivity index (χ0v) is 14.4. The van der Waals surface area contributed by atoms with E-state index in [0.29, 0.717) is 17.1 Å². The van der Waals surface area contributed by atoms with Gasteiger partial charge in [-0.2, -0.15) is 5.26 Å². The molecule has 0 bridgehead atoms. The van der Waals surface area contributed by atoms with Crippen molar-refractivity contribution in [3.63, 3.8) is 0 Å². The molecule has 0 spiro atoms. The summed E-state index contributed by atoms with van der Waals surface area (Å²) in [7, 11) is 0. The molecular formula is C19H22N3OS+. The molecule has 2 heterocycles. The van der Waals surface area contributed by atoms with Crippen LogP contribution in [0.5, 0.6) is 0 Å². The Balaban J connectivity index is 1.44. The number of anilines is 1. The second-order valence-electron chi connectivity index (χ2n) is 6.38. The van der Waals surface area contributed by atoms with Gasteiger partial charge < -0.3 is 10.2 Å². The molecular weight excluding hydrogens is 318 g/mol. The van der Waals surface area contributed by atoms with E-state index in [1.165, 1.54) is 34.6 Å². The number of thiophene rings is 1. The SMILES string of the molecule is N#Cc1ccsc1NC(=O)C[NH+]1CCC(Cc2ccccc2)CC1. The standard InChI is InChI=1S/C19H21N3OS/c20-13-17-8-11-24-19(17)21-18(23)14-22-9-6-16(7-10-22)12-15-4-2-1-3-5-15/h1-5,8,11,16H,6-7,9-10,12,14H2,(H,21,23)/p+1. The highest BCUT2D eigenvalue weighted by atomic mass is 32.1. The summed E-state index contributed by atoms with van der Waals surface area (Å²) in [5, 5.41) is 14.4. The van der Waals surface area contributed by atoms with Crippen LogP contribution in [0.1, 0.15) is 24.0 Å². The summed E-state index contributed by atoms with van der Waals surface area (Å²) in [6, 6.07) is 14.5. The molecule has 1 aromatic heterocycles. The van der Waals surface area contributed by atoms with Gasteiger partial charge in [0.2, 0.25) is 0 Å². The highest BCUT2D eigenvalue weighted by molar-refractivity contribution is 7.14. The summed E-state index contributed by atoms with van der Waals surface area (Å²) in [4.78, 5) is 13.5. The summed E-state index contributed by atoms with van der Waals surface area (Å²) in [6.45, 7) is 2.57. The van der Waals surface area contributed by atoms with Gasteiger partial charge >= 0.3 is 0 Å². The van der Waals surface area contributed by atoms with Gasteiger partial charge in [-0.15, -0.1) is 11.3 Å². The van der Waals surface area contributed by atoms with Gasteiger partial charge in [0, 0.05) is 0 Å². The number of likely N-dealkylation sites (tertiary alicyclic amines) is 1. The fourth-order valence-electron chi connectivity index (χ4n) is 3.31. The second-order valence-corrected chi connectivity index (χ2v) is 7.30. The number of amides is 1. The Labute approximate surface area is 146 Å². The van der Waals surface area contributed by atoms with Gasteiger partial charge in [-0.25, -0.2) is 0 Å². The van der Waals surface area contributed by atoms with Crippen molar-refractivity contribution in [3.05, 3.63) is 52.9 Å². The van der Waals surface area contributed by atoms with Gasteiger partial charge in [-0.1, -0.05) is 30.3 Å². The molecule has 1 aliphatic rings. The van der Waals surface area contributed by atoms with E-state index in [4.69, 9.17) is 5.26 Å². The van der Waals surface area contributed by atoms with Crippen molar-refractivity contribution in [2.45, 2.75) is 19.3 Å². The fraction of sp³-hybridized carbons (Fsp3) is 0.368. The topological polar surface area (TPSA) is 57.3 Å². The summed E-state index contributed by atoms with van der Waals surface area (Å²) in [5.74, 6) is 0.729. The largest absolute Gasteiger partial charge is 0.327 e. The van der Waals surface area contributed by atoms with E-state index >= 15 is 0 Å². The number of piperidine rings is 1. The zero-order chi connectivity index (χ0) is 16.8. The van der Waals surface area contributed by atoms with Crippen LogP contribution in [-0.4, -0.2) is 25.5 Å². The number of benzene rings is 1. The Morgan fingerprint density at radius 2 is 2.00 bits per heavy atom. The minimum atomic E-state index is 0.00505. The Bertz CT molecular complexity index is 712. The van der Waals surface area contributed by atoms with Crippen LogP contribution in [0.4, 0.5) is 5.00 Å². The number of rotatable bonds is 5. The van der Waals surface area contributed by atoms with Crippen molar-refractivity contribution in [2.75, 3.05) is 25.0 Å². The first-order valence-electron chi connectivity index (χ1n) is 8.39. The van der Waals surface area contributed by atoms with Crippen molar-refractivity contribution < 1.29 is 9.69 Å². The molecule has 0 atom stereocenters. The lowest BCUT2D eigenvalue weighted by Crippen LogP contribution is -3.14. The predicted octanol–water partition coefficient (Wildman–Crippen LogP) is 2.10. The lowest BCUT2D eigenvalue weighted by Gasteiger charge is -2.28. The summed E-state index contributed by atoms with van der Waals surface area (Å²) < 4.78 is 0. The Morgan fingerprint density at radius 1 is 1.25 bits per heavy atom. The highest BCUT2D eigenvalue weighted by Crippen LogP contribution is 2.21. The fourth-order valence-corrected chi connectivity index (χ4v) is 4.06. The van der Waals surface area contributed by atoms with Crippen LogP contribution in [-0.2, 0) is 11.2 Å². The number of nitriles is 1. The molecule has 2 aromatic rings. The van der Waals surface area contributed by atoms with Gasteiger partial charge in [0.05, 0.1) is 18.7 Å². The molecule has 1 fully saturated rings. The van der Waals surface area contributed by atoms with Gasteiger partial charge in [-0.3, -0.25) is 4.79 Å². The van der Waals surface area contributed by atoms with Crippen LogP contribution in [0, 0.1) is 17.2 Å². The first kappa shape index (κ1) is 16.7. The number of hydrogen-bond acceptors (Lipinski definition) is 3. The number of carbonyl (C=O) groups is 1. The van der Waals surface area contributed by atoms with E-state index in [1.54, 1.807) is 6.07 Å². The average Bonchev–Trinajstić information content (AvgIpc) is 3.04. The van der Waals surface area contributed by atoms with Crippen LogP contribution in [0.15, 0.2) is 41.8 Å². The molecule has 4 nitrogen and oxygen atoms in total. The molecule has 1 aliphatic heterocycles. The molecule has 124 valence electrons. The van der Waals surface area contributed by atoms with Crippen molar-refractivity contribution in [3.8, 4) is 6.07 Å². The quantitative estimate of drug-likeness (QED) is 0.876. The zero-order valence-electron chi connectivity index (χ0n) is 13.6. The van der Waals surface area contributed by atoms with Crippen LogP contribution in [0.2, 0.25) is 0 Å². The van der Waals surface area contributed by atoms with Gasteiger partial charge in [0.15, 0.2) is 6.54 Å². The second kappa shape index (κ2) is 8.09. The lowest BCUT2D eigenvalue weighted by atomic mass is 9.90. The molecule has 3 rings (SSSR count). The number of hydrogen-bond donors (Lipinski definition) is 2. The van der Waals surface area contributed by atoms with E-state index in [1.807, 2.05) is 5.38 Å². The summed E-state index contributed by atoms with van der Waals surface area (Å²) >= 11 is 1.40. The van der Waals surface area contributed by atoms with Gasteiger partial charge in [0.25, 0.3) is 5.91 Å². The van der Waals surface area contributed by atoms with E-state index in [9.17, 15) is 4.79 Å². The Hall–Kier alpha value is -2.16. The van der Waals surface area contributed by atoms with E-state index < -0.39 is 0 Å². The smallest absolute Gasteiger partial charge is 0.280 e. The molecule has 5 heteroatoms. The maximum absolute atomic E-state index is 12.2. The van der Waals surface area contributed by atoms with Crippen molar-refractivity contribution in [1.29, 1.82) is 5.26 Å². The van der Waals surface area contributed by atoms with Crippen molar-refractivity contribution >= 4 is 22.2 Å². The van der Waals surface area contributed by atoms with Crippen LogP contribution < -0.4 is 10.2 Å². The third kappa shape index (κ3) is 4.44. The van der Waals surface area contributed by atoms with E-state index in [0.717, 1.165) is 25.4 Å². The number of nitrogens with zero attached hydrogens (tertiary/aromatic N) is 1. The highest BCUT2D eigenvalue weighted by Gasteiger charge is 2.24. The first-order chi connectivity index (χ1) is 11.7. The molecule has 0 saturated carbocycles. The maximum Gasteiger partial charge on any atom is 0.280 e. The van der Waals surface area contributed by atoms with E-state index in [2.05, 4.69) is 41.7 Å². The van der Waals surface area contributed by atoms with Gasteiger partial charge in [0.1, 0.15) is 11.1 Å². The molecule has 0 unspecified atom stereocenters. The Morgan fingerprint density at radius 3 is 2.71 bits per heavy atom. The number of nitrogens with one attached hydrogen (secondary N) is 2. The van der Waals surface area contributed by atoms with Crippen molar-refractivity contribution in [1.82, 2.24) is 0 Å². The normalized spacial score (nSPS) is 20.3. The molecule has 24 heavy (non-hydrogen) atoms. The third-order valence-corrected chi connectivity index (χ3v) is 5.46. The minimum absolute atomic E-state index is 0.00505. The van der Waals surface area contributed by atoms with Crippen LogP contribution >= 0.6 is 11.3 Å². The molecule has 0 radical (unpaired) electrons. The summed E-state index contributed by atoms with van der Waals surface area (Å²) in [5.41, 5.74) is 1.95. The van der Waals surface area contributed by atoms with Gasteiger partial charge in [-0.05, 0) is 42.2 Å².